The van der Waals surface area contributed by atoms with Gasteiger partial charge in [-0.15, -0.1) is 0 Å². The number of carboxylic acid groups (broad SMARTS) is 1. The molecule has 0 bridgehead atoms. The van der Waals surface area contributed by atoms with Crippen molar-refractivity contribution in [3.8, 4) is 0 Å². The fourth-order valence-corrected chi connectivity index (χ4v) is 1.58. The molecule has 4 heteroatoms. The molecule has 4 nitrogen and oxygen atoms in total. The number of aliphatic hydroxyl groups is 1. The number of hydrogen-bond donors (Lipinski definition) is 3. The molecule has 0 amide bonds. The maximum Gasteiger partial charge on any atom is 0.306 e. The molecule has 102 valence electrons. The van der Waals surface area contributed by atoms with Gasteiger partial charge in [-0.05, 0) is 46.6 Å². The topological polar surface area (TPSA) is 69.6 Å². The van der Waals surface area contributed by atoms with E-state index in [2.05, 4.69) is 12.2 Å². The van der Waals surface area contributed by atoms with Crippen LogP contribution in [0.4, 0.5) is 0 Å². The number of hydrogen-bond acceptors (Lipinski definition) is 3. The molecule has 0 aromatic heterocycles. The Morgan fingerprint density at radius 3 is 2.35 bits per heavy atom. The van der Waals surface area contributed by atoms with Gasteiger partial charge in [-0.2, -0.15) is 0 Å². The smallest absolute Gasteiger partial charge is 0.306 e. The van der Waals surface area contributed by atoms with Crippen molar-refractivity contribution in [2.45, 2.75) is 65.0 Å². The van der Waals surface area contributed by atoms with E-state index in [1.54, 1.807) is 20.8 Å². The summed E-state index contributed by atoms with van der Waals surface area (Å²) in [5, 5.41) is 21.6. The SMILES string of the molecule is CC(CCCC(C)C(=O)O)NCCC(C)(C)O. The van der Waals surface area contributed by atoms with E-state index >= 15 is 0 Å². The number of carbonyl (C=O) groups is 1. The van der Waals surface area contributed by atoms with Crippen molar-refractivity contribution < 1.29 is 15.0 Å². The molecule has 0 saturated heterocycles. The third kappa shape index (κ3) is 10.3. The predicted octanol–water partition coefficient (Wildman–Crippen LogP) is 2.02. The van der Waals surface area contributed by atoms with E-state index in [1.807, 2.05) is 0 Å². The van der Waals surface area contributed by atoms with E-state index < -0.39 is 11.6 Å². The normalized spacial score (nSPS) is 15.6. The minimum Gasteiger partial charge on any atom is -0.481 e. The van der Waals surface area contributed by atoms with Crippen LogP contribution in [0.1, 0.15) is 53.4 Å². The molecule has 3 N–H and O–H groups in total. The Balaban J connectivity index is 3.53. The summed E-state index contributed by atoms with van der Waals surface area (Å²) in [4.78, 5) is 10.6. The molecule has 0 rings (SSSR count). The monoisotopic (exact) mass is 245 g/mol. The van der Waals surface area contributed by atoms with Gasteiger partial charge < -0.3 is 15.5 Å². The van der Waals surface area contributed by atoms with Crippen molar-refractivity contribution in [1.29, 1.82) is 0 Å². The minimum absolute atomic E-state index is 0.251. The Labute approximate surface area is 104 Å². The van der Waals surface area contributed by atoms with Crippen LogP contribution in [0.25, 0.3) is 0 Å². The Kier molecular flexibility index (Phi) is 7.39. The van der Waals surface area contributed by atoms with E-state index in [9.17, 15) is 9.90 Å². The van der Waals surface area contributed by atoms with E-state index in [1.165, 1.54) is 0 Å². The molecular weight excluding hydrogens is 218 g/mol. The number of nitrogens with one attached hydrogen (secondary N) is 1. The summed E-state index contributed by atoms with van der Waals surface area (Å²) in [7, 11) is 0. The highest BCUT2D eigenvalue weighted by molar-refractivity contribution is 5.69. The van der Waals surface area contributed by atoms with Gasteiger partial charge in [0.15, 0.2) is 0 Å². The molecule has 0 spiro atoms. The van der Waals surface area contributed by atoms with E-state index in [0.29, 0.717) is 6.04 Å². The van der Waals surface area contributed by atoms with Crippen LogP contribution in [0.15, 0.2) is 0 Å². The second-order valence-corrected chi connectivity index (χ2v) is 5.59. The molecule has 0 aliphatic carbocycles. The Hall–Kier alpha value is -0.610. The van der Waals surface area contributed by atoms with E-state index in [4.69, 9.17) is 5.11 Å². The summed E-state index contributed by atoms with van der Waals surface area (Å²) in [5.74, 6) is -0.966. The molecule has 0 fully saturated rings. The van der Waals surface area contributed by atoms with Crippen LogP contribution in [-0.4, -0.2) is 34.4 Å². The summed E-state index contributed by atoms with van der Waals surface area (Å²) in [6, 6.07) is 0.373. The molecule has 17 heavy (non-hydrogen) atoms. The molecular formula is C13H27NO3. The molecule has 0 aromatic rings. The van der Waals surface area contributed by atoms with Gasteiger partial charge in [0.05, 0.1) is 11.5 Å². The summed E-state index contributed by atoms with van der Waals surface area (Å²) >= 11 is 0. The quantitative estimate of drug-likeness (QED) is 0.581. The third-order valence-electron chi connectivity index (χ3n) is 2.93. The van der Waals surface area contributed by atoms with Gasteiger partial charge in [-0.25, -0.2) is 0 Å². The molecule has 0 radical (unpaired) electrons. The second-order valence-electron chi connectivity index (χ2n) is 5.59. The average molecular weight is 245 g/mol. The molecule has 0 aliphatic rings. The van der Waals surface area contributed by atoms with Gasteiger partial charge >= 0.3 is 5.97 Å². The van der Waals surface area contributed by atoms with Gasteiger partial charge in [0, 0.05) is 6.04 Å². The van der Waals surface area contributed by atoms with Crippen molar-refractivity contribution in [3.05, 3.63) is 0 Å². The fraction of sp³-hybridized carbons (Fsp3) is 0.923. The molecule has 0 heterocycles. The summed E-state index contributed by atoms with van der Waals surface area (Å²) in [5.41, 5.74) is -0.620. The van der Waals surface area contributed by atoms with Gasteiger partial charge in [-0.1, -0.05) is 13.3 Å². The molecule has 2 atom stereocenters. The Morgan fingerprint density at radius 2 is 1.88 bits per heavy atom. The standard InChI is InChI=1S/C13H27NO3/c1-10(12(15)16)6-5-7-11(2)14-9-8-13(3,4)17/h10-11,14,17H,5-9H2,1-4H3,(H,15,16). The third-order valence-corrected chi connectivity index (χ3v) is 2.93. The Bertz CT molecular complexity index is 223. The lowest BCUT2D eigenvalue weighted by Crippen LogP contribution is -2.32. The zero-order valence-electron chi connectivity index (χ0n) is 11.5. The molecule has 0 aliphatic heterocycles. The summed E-state index contributed by atoms with van der Waals surface area (Å²) < 4.78 is 0. The van der Waals surface area contributed by atoms with Crippen LogP contribution in [0.2, 0.25) is 0 Å². The minimum atomic E-state index is -0.715. The van der Waals surface area contributed by atoms with Crippen molar-refractivity contribution in [3.63, 3.8) is 0 Å². The highest BCUT2D eigenvalue weighted by Gasteiger charge is 2.13. The first kappa shape index (κ1) is 16.4. The lowest BCUT2D eigenvalue weighted by molar-refractivity contribution is -0.141. The second kappa shape index (κ2) is 7.67. The summed E-state index contributed by atoms with van der Waals surface area (Å²) in [6.45, 7) is 8.23. The maximum atomic E-state index is 10.6. The predicted molar refractivity (Wildman–Crippen MR) is 69.0 cm³/mol. The fourth-order valence-electron chi connectivity index (χ4n) is 1.58. The van der Waals surface area contributed by atoms with Crippen LogP contribution in [0, 0.1) is 5.92 Å². The highest BCUT2D eigenvalue weighted by Crippen LogP contribution is 2.10. The first-order chi connectivity index (χ1) is 7.72. The van der Waals surface area contributed by atoms with Crippen molar-refractivity contribution in [1.82, 2.24) is 5.32 Å². The van der Waals surface area contributed by atoms with Crippen molar-refractivity contribution in [2.75, 3.05) is 6.54 Å². The van der Waals surface area contributed by atoms with Gasteiger partial charge in [0.25, 0.3) is 0 Å². The number of carboxylic acids is 1. The van der Waals surface area contributed by atoms with Crippen LogP contribution < -0.4 is 5.32 Å². The van der Waals surface area contributed by atoms with E-state index in [0.717, 1.165) is 32.2 Å². The molecule has 0 aromatic carbocycles. The molecule has 2 unspecified atom stereocenters. The van der Waals surface area contributed by atoms with Crippen molar-refractivity contribution in [2.24, 2.45) is 5.92 Å². The van der Waals surface area contributed by atoms with Gasteiger partial charge in [0.1, 0.15) is 0 Å². The summed E-state index contributed by atoms with van der Waals surface area (Å²) in [6.07, 6.45) is 3.35. The lowest BCUT2D eigenvalue weighted by atomic mass is 10.0. The number of aliphatic carboxylic acids is 1. The van der Waals surface area contributed by atoms with E-state index in [-0.39, 0.29) is 5.92 Å². The largest absolute Gasteiger partial charge is 0.481 e. The van der Waals surface area contributed by atoms with Crippen LogP contribution in [-0.2, 0) is 4.79 Å². The average Bonchev–Trinajstić information content (AvgIpc) is 2.15. The van der Waals surface area contributed by atoms with Crippen LogP contribution in [0.3, 0.4) is 0 Å². The van der Waals surface area contributed by atoms with Gasteiger partial charge in [0.2, 0.25) is 0 Å². The highest BCUT2D eigenvalue weighted by atomic mass is 16.4. The van der Waals surface area contributed by atoms with Crippen LogP contribution in [0.5, 0.6) is 0 Å². The number of rotatable bonds is 9. The van der Waals surface area contributed by atoms with Crippen molar-refractivity contribution >= 4 is 5.97 Å². The molecule has 0 saturated carbocycles. The van der Waals surface area contributed by atoms with Gasteiger partial charge in [-0.3, -0.25) is 4.79 Å². The zero-order chi connectivity index (χ0) is 13.5. The maximum absolute atomic E-state index is 10.6. The zero-order valence-corrected chi connectivity index (χ0v) is 11.5. The lowest BCUT2D eigenvalue weighted by Gasteiger charge is -2.20. The van der Waals surface area contributed by atoms with Crippen LogP contribution >= 0.6 is 0 Å². The first-order valence-electron chi connectivity index (χ1n) is 6.41. The first-order valence-corrected chi connectivity index (χ1v) is 6.41. The Morgan fingerprint density at radius 1 is 1.29 bits per heavy atom.